The lowest BCUT2D eigenvalue weighted by Gasteiger charge is -2.24. The van der Waals surface area contributed by atoms with Gasteiger partial charge in [-0.25, -0.2) is 0 Å². The molecule has 0 radical (unpaired) electrons. The van der Waals surface area contributed by atoms with Crippen LogP contribution in [-0.4, -0.2) is 46.9 Å². The second kappa shape index (κ2) is 54.2. The molecule has 0 aliphatic heterocycles. The summed E-state index contributed by atoms with van der Waals surface area (Å²) in [6, 6.07) is -0.718. The smallest absolute Gasteiger partial charge is 0.306 e. The van der Waals surface area contributed by atoms with Gasteiger partial charge in [-0.3, -0.25) is 9.59 Å². The van der Waals surface area contributed by atoms with E-state index in [0.29, 0.717) is 19.3 Å². The van der Waals surface area contributed by atoms with Gasteiger partial charge >= 0.3 is 5.97 Å². The molecule has 0 spiro atoms. The van der Waals surface area contributed by atoms with Crippen LogP contribution in [0.5, 0.6) is 0 Å². The zero-order valence-electron chi connectivity index (χ0n) is 44.3. The van der Waals surface area contributed by atoms with Crippen LogP contribution >= 0.6 is 0 Å². The third-order valence-electron chi connectivity index (χ3n) is 12.8. The van der Waals surface area contributed by atoms with Gasteiger partial charge in [0, 0.05) is 6.42 Å². The van der Waals surface area contributed by atoms with E-state index >= 15 is 0 Å². The Morgan fingerprint density at radius 3 is 1.13 bits per heavy atom. The molecule has 0 bridgehead atoms. The number of esters is 1. The molecule has 0 rings (SSSR count). The summed E-state index contributed by atoms with van der Waals surface area (Å²) < 4.78 is 5.92. The molecule has 0 aromatic carbocycles. The molecular formula is C61H109NO5. The van der Waals surface area contributed by atoms with Gasteiger partial charge in [-0.1, -0.05) is 273 Å². The number of rotatable bonds is 51. The minimum absolute atomic E-state index is 0.0479. The maximum absolute atomic E-state index is 13.3. The number of hydrogen-bond donors (Lipinski definition) is 3. The molecule has 0 aliphatic rings. The lowest BCUT2D eigenvalue weighted by Crippen LogP contribution is -2.46. The topological polar surface area (TPSA) is 95.9 Å². The van der Waals surface area contributed by atoms with Crippen LogP contribution in [0.3, 0.4) is 0 Å². The average molecular weight is 937 g/mol. The van der Waals surface area contributed by atoms with E-state index in [4.69, 9.17) is 4.74 Å². The van der Waals surface area contributed by atoms with Gasteiger partial charge in [-0.05, 0) is 64.2 Å². The first-order valence-corrected chi connectivity index (χ1v) is 28.7. The van der Waals surface area contributed by atoms with Crippen molar-refractivity contribution in [1.29, 1.82) is 0 Å². The number of unbranched alkanes of at least 4 members (excludes halogenated alkanes) is 27. The summed E-state index contributed by atoms with van der Waals surface area (Å²) >= 11 is 0. The second-order valence-corrected chi connectivity index (χ2v) is 19.3. The van der Waals surface area contributed by atoms with Crippen molar-refractivity contribution in [2.45, 2.75) is 296 Å². The number of ether oxygens (including phenoxy) is 1. The van der Waals surface area contributed by atoms with E-state index in [1.165, 1.54) is 148 Å². The van der Waals surface area contributed by atoms with Crippen molar-refractivity contribution in [2.75, 3.05) is 6.61 Å². The van der Waals surface area contributed by atoms with Crippen LogP contribution in [0.1, 0.15) is 278 Å². The summed E-state index contributed by atoms with van der Waals surface area (Å²) in [6.07, 6.45) is 69.8. The van der Waals surface area contributed by atoms with Crippen LogP contribution in [0.25, 0.3) is 0 Å². The van der Waals surface area contributed by atoms with E-state index in [1.54, 1.807) is 0 Å². The molecule has 0 fully saturated rings. The molecule has 0 saturated heterocycles. The third kappa shape index (κ3) is 49.5. The minimum Gasteiger partial charge on any atom is -0.462 e. The standard InChI is InChI=1S/C61H109NO5/c1-4-7-10-13-16-19-22-25-27-29-30-32-34-36-39-42-45-48-51-54-61(66)67-57(52-49-46-43-40-37-35-33-31-28-26-23-20-17-14-11-8-5-2)55-60(65)62-58(56-63)59(64)53-50-47-44-41-38-24-21-18-15-12-9-6-3/h7,10,16,19,25,27,30,32,36,39,45,48,57-59,63-64H,4-6,8-9,11-15,17-18,20-24,26,28-29,31,33-35,37-38,40-44,46-47,49-56H2,1-3H3,(H,62,65)/b10-7-,19-16-,27-25-,32-30-,39-36-,48-45-. The molecule has 0 heterocycles. The normalized spacial score (nSPS) is 13.7. The monoisotopic (exact) mass is 936 g/mol. The molecular weight excluding hydrogens is 827 g/mol. The number of carbonyl (C=O) groups is 2. The zero-order valence-corrected chi connectivity index (χ0v) is 44.3. The molecule has 388 valence electrons. The van der Waals surface area contributed by atoms with Crippen LogP contribution < -0.4 is 5.32 Å². The minimum atomic E-state index is -0.801. The zero-order chi connectivity index (χ0) is 48.8. The summed E-state index contributed by atoms with van der Waals surface area (Å²) in [5, 5.41) is 23.8. The molecule has 6 heteroatoms. The molecule has 3 atom stereocenters. The van der Waals surface area contributed by atoms with E-state index in [0.717, 1.165) is 77.0 Å². The molecule has 3 N–H and O–H groups in total. The van der Waals surface area contributed by atoms with Crippen molar-refractivity contribution in [3.63, 3.8) is 0 Å². The van der Waals surface area contributed by atoms with E-state index in [2.05, 4.69) is 92.9 Å². The fraction of sp³-hybridized carbons (Fsp3) is 0.770. The van der Waals surface area contributed by atoms with E-state index in [-0.39, 0.29) is 31.3 Å². The van der Waals surface area contributed by atoms with Gasteiger partial charge in [0.1, 0.15) is 6.10 Å². The van der Waals surface area contributed by atoms with Gasteiger partial charge < -0.3 is 20.3 Å². The van der Waals surface area contributed by atoms with Gasteiger partial charge in [-0.2, -0.15) is 0 Å². The SMILES string of the molecule is CC/C=C\C/C=C\C/C=C\C/C=C\C/C=C\C/C=C\CCC(=O)OC(CCCCCCCCCCCCCCCCCCC)CC(=O)NC(CO)C(O)CCCCCCCCCCCCCC. The molecule has 1 amide bonds. The average Bonchev–Trinajstić information content (AvgIpc) is 3.32. The maximum atomic E-state index is 13.3. The predicted octanol–water partition coefficient (Wildman–Crippen LogP) is 17.7. The highest BCUT2D eigenvalue weighted by molar-refractivity contribution is 5.77. The maximum Gasteiger partial charge on any atom is 0.306 e. The number of aliphatic hydroxyl groups excluding tert-OH is 2. The summed E-state index contributed by atoms with van der Waals surface area (Å²) in [5.41, 5.74) is 0. The highest BCUT2D eigenvalue weighted by Gasteiger charge is 2.24. The Morgan fingerprint density at radius 2 is 0.776 bits per heavy atom. The van der Waals surface area contributed by atoms with Crippen molar-refractivity contribution >= 4 is 11.9 Å². The Labute approximate surface area is 415 Å². The van der Waals surface area contributed by atoms with Crippen molar-refractivity contribution < 1.29 is 24.5 Å². The molecule has 0 saturated carbocycles. The van der Waals surface area contributed by atoms with E-state index < -0.39 is 18.2 Å². The number of nitrogens with one attached hydrogen (secondary N) is 1. The van der Waals surface area contributed by atoms with Crippen LogP contribution in [-0.2, 0) is 14.3 Å². The molecule has 6 nitrogen and oxygen atoms in total. The molecule has 0 aromatic rings. The fourth-order valence-corrected chi connectivity index (χ4v) is 8.52. The number of amides is 1. The van der Waals surface area contributed by atoms with Crippen molar-refractivity contribution in [1.82, 2.24) is 5.32 Å². The molecule has 67 heavy (non-hydrogen) atoms. The van der Waals surface area contributed by atoms with Gasteiger partial charge in [0.25, 0.3) is 0 Å². The molecule has 0 aromatic heterocycles. The summed E-state index contributed by atoms with van der Waals surface area (Å²) in [4.78, 5) is 26.2. The lowest BCUT2D eigenvalue weighted by molar-refractivity contribution is -0.150. The molecule has 3 unspecified atom stereocenters. The largest absolute Gasteiger partial charge is 0.462 e. The Bertz CT molecular complexity index is 1230. The van der Waals surface area contributed by atoms with Crippen LogP contribution in [0.15, 0.2) is 72.9 Å². The summed E-state index contributed by atoms with van der Waals surface area (Å²) in [6.45, 7) is 6.38. The quantitative estimate of drug-likeness (QED) is 0.0321. The highest BCUT2D eigenvalue weighted by atomic mass is 16.5. The first-order valence-electron chi connectivity index (χ1n) is 28.7. The fourth-order valence-electron chi connectivity index (χ4n) is 8.52. The second-order valence-electron chi connectivity index (χ2n) is 19.3. The first-order chi connectivity index (χ1) is 33.0. The van der Waals surface area contributed by atoms with E-state index in [1.807, 2.05) is 6.08 Å². The first kappa shape index (κ1) is 64.3. The Kier molecular flexibility index (Phi) is 52.1. The van der Waals surface area contributed by atoms with E-state index in [9.17, 15) is 19.8 Å². The van der Waals surface area contributed by atoms with Crippen LogP contribution in [0.2, 0.25) is 0 Å². The summed E-state index contributed by atoms with van der Waals surface area (Å²) in [7, 11) is 0. The highest BCUT2D eigenvalue weighted by Crippen LogP contribution is 2.18. The van der Waals surface area contributed by atoms with Crippen LogP contribution in [0, 0.1) is 0 Å². The number of hydrogen-bond acceptors (Lipinski definition) is 5. The van der Waals surface area contributed by atoms with Gasteiger partial charge in [-0.15, -0.1) is 0 Å². The Balaban J connectivity index is 4.67. The Hall–Kier alpha value is -2.70. The number of aliphatic hydroxyl groups is 2. The van der Waals surface area contributed by atoms with Crippen molar-refractivity contribution in [3.05, 3.63) is 72.9 Å². The molecule has 0 aliphatic carbocycles. The predicted molar refractivity (Wildman–Crippen MR) is 291 cm³/mol. The van der Waals surface area contributed by atoms with Gasteiger partial charge in [0.2, 0.25) is 5.91 Å². The lowest BCUT2D eigenvalue weighted by atomic mass is 10.0. The summed E-state index contributed by atoms with van der Waals surface area (Å²) in [5.74, 6) is -0.565. The van der Waals surface area contributed by atoms with Gasteiger partial charge in [0.15, 0.2) is 0 Å². The number of allylic oxidation sites excluding steroid dienone is 12. The number of carbonyl (C=O) groups excluding carboxylic acids is 2. The van der Waals surface area contributed by atoms with Gasteiger partial charge in [0.05, 0.1) is 25.2 Å². The van der Waals surface area contributed by atoms with Crippen molar-refractivity contribution in [2.24, 2.45) is 0 Å². The third-order valence-corrected chi connectivity index (χ3v) is 12.8. The van der Waals surface area contributed by atoms with Crippen molar-refractivity contribution in [3.8, 4) is 0 Å². The van der Waals surface area contributed by atoms with Crippen LogP contribution in [0.4, 0.5) is 0 Å². The Morgan fingerprint density at radius 1 is 0.448 bits per heavy atom.